The lowest BCUT2D eigenvalue weighted by Crippen LogP contribution is -2.33. The number of aliphatic hydroxyl groups excluding tert-OH is 1. The highest BCUT2D eigenvalue weighted by molar-refractivity contribution is 7.89. The van der Waals surface area contributed by atoms with E-state index in [1.54, 1.807) is 19.1 Å². The van der Waals surface area contributed by atoms with Crippen molar-refractivity contribution in [1.82, 2.24) is 4.31 Å². The highest BCUT2D eigenvalue weighted by Crippen LogP contribution is 2.22. The normalized spacial score (nSPS) is 11.8. The van der Waals surface area contributed by atoms with Gasteiger partial charge in [-0.1, -0.05) is 36.4 Å². The Morgan fingerprint density at radius 3 is 2.45 bits per heavy atom. The molecule has 1 N–H and O–H groups in total. The predicted molar refractivity (Wildman–Crippen MR) is 82.3 cm³/mol. The Bertz CT molecular complexity index is 732. The van der Waals surface area contributed by atoms with Crippen LogP contribution in [0, 0.1) is 12.7 Å². The standard InChI is InChI=1S/C16H18FNO3S/c1-13-7-8-15(17)11-16(13)22(20,21)18(9-10-19)12-14-5-3-2-4-6-14/h2-8,11,19H,9-10,12H2,1H3. The second-order valence-electron chi connectivity index (χ2n) is 4.96. The Morgan fingerprint density at radius 2 is 1.82 bits per heavy atom. The molecule has 0 aromatic heterocycles. The average molecular weight is 323 g/mol. The highest BCUT2D eigenvalue weighted by atomic mass is 32.2. The number of nitrogens with zero attached hydrogens (tertiary/aromatic N) is 1. The maximum absolute atomic E-state index is 13.4. The van der Waals surface area contributed by atoms with Crippen molar-refractivity contribution >= 4 is 10.0 Å². The van der Waals surface area contributed by atoms with Gasteiger partial charge in [-0.15, -0.1) is 0 Å². The van der Waals surface area contributed by atoms with Gasteiger partial charge in [0, 0.05) is 13.1 Å². The first-order valence-electron chi connectivity index (χ1n) is 6.86. The molecule has 0 spiro atoms. The molecule has 0 radical (unpaired) electrons. The summed E-state index contributed by atoms with van der Waals surface area (Å²) in [5, 5.41) is 9.17. The monoisotopic (exact) mass is 323 g/mol. The molecule has 2 rings (SSSR count). The van der Waals surface area contributed by atoms with Crippen molar-refractivity contribution in [2.45, 2.75) is 18.4 Å². The van der Waals surface area contributed by atoms with Crippen molar-refractivity contribution in [3.05, 3.63) is 65.5 Å². The minimum Gasteiger partial charge on any atom is -0.395 e. The van der Waals surface area contributed by atoms with Crippen LogP contribution in [0.5, 0.6) is 0 Å². The molecule has 0 bridgehead atoms. The van der Waals surface area contributed by atoms with Crippen molar-refractivity contribution in [2.24, 2.45) is 0 Å². The van der Waals surface area contributed by atoms with Crippen LogP contribution in [0.25, 0.3) is 0 Å². The average Bonchev–Trinajstić information content (AvgIpc) is 2.50. The Kier molecular flexibility index (Phi) is 5.28. The molecule has 0 aliphatic heterocycles. The minimum absolute atomic E-state index is 0.0484. The molecule has 0 amide bonds. The topological polar surface area (TPSA) is 57.6 Å². The molecule has 118 valence electrons. The molecule has 0 aliphatic carbocycles. The summed E-state index contributed by atoms with van der Waals surface area (Å²) in [6.07, 6.45) is 0. The van der Waals surface area contributed by atoms with Crippen LogP contribution in [-0.2, 0) is 16.6 Å². The second kappa shape index (κ2) is 7.00. The van der Waals surface area contributed by atoms with Gasteiger partial charge in [0.15, 0.2) is 0 Å². The number of aryl methyl sites for hydroxylation is 1. The van der Waals surface area contributed by atoms with Gasteiger partial charge < -0.3 is 5.11 Å². The van der Waals surface area contributed by atoms with Crippen molar-refractivity contribution in [2.75, 3.05) is 13.2 Å². The van der Waals surface area contributed by atoms with Gasteiger partial charge >= 0.3 is 0 Å². The van der Waals surface area contributed by atoms with Crippen LogP contribution in [-0.4, -0.2) is 31.0 Å². The van der Waals surface area contributed by atoms with Crippen LogP contribution >= 0.6 is 0 Å². The molecule has 0 saturated heterocycles. The predicted octanol–water partition coefficient (Wildman–Crippen LogP) is 2.32. The molecule has 6 heteroatoms. The van der Waals surface area contributed by atoms with Crippen LogP contribution in [0.3, 0.4) is 0 Å². The van der Waals surface area contributed by atoms with Gasteiger partial charge in [0.05, 0.1) is 11.5 Å². The van der Waals surface area contributed by atoms with E-state index < -0.39 is 15.8 Å². The molecule has 22 heavy (non-hydrogen) atoms. The lowest BCUT2D eigenvalue weighted by molar-refractivity contribution is 0.251. The highest BCUT2D eigenvalue weighted by Gasteiger charge is 2.26. The number of aliphatic hydroxyl groups is 1. The van der Waals surface area contributed by atoms with E-state index in [2.05, 4.69) is 0 Å². The molecule has 0 heterocycles. The number of sulfonamides is 1. The Hall–Kier alpha value is -1.76. The fourth-order valence-electron chi connectivity index (χ4n) is 2.17. The number of hydrogen-bond donors (Lipinski definition) is 1. The van der Waals surface area contributed by atoms with E-state index in [4.69, 9.17) is 5.11 Å². The van der Waals surface area contributed by atoms with Gasteiger partial charge in [0.25, 0.3) is 0 Å². The third-order valence-electron chi connectivity index (χ3n) is 3.32. The maximum atomic E-state index is 13.4. The Balaban J connectivity index is 2.39. The molecule has 4 nitrogen and oxygen atoms in total. The van der Waals surface area contributed by atoms with Gasteiger partial charge in [-0.3, -0.25) is 0 Å². The number of halogens is 1. The summed E-state index contributed by atoms with van der Waals surface area (Å²) < 4.78 is 40.1. The quantitative estimate of drug-likeness (QED) is 0.887. The fourth-order valence-corrected chi connectivity index (χ4v) is 3.83. The van der Waals surface area contributed by atoms with Crippen LogP contribution in [0.1, 0.15) is 11.1 Å². The first-order valence-corrected chi connectivity index (χ1v) is 8.30. The third-order valence-corrected chi connectivity index (χ3v) is 5.31. The number of benzene rings is 2. The summed E-state index contributed by atoms with van der Waals surface area (Å²) in [5.74, 6) is -0.604. The van der Waals surface area contributed by atoms with Crippen LogP contribution < -0.4 is 0 Å². The van der Waals surface area contributed by atoms with E-state index in [1.807, 2.05) is 18.2 Å². The van der Waals surface area contributed by atoms with Crippen LogP contribution in [0.15, 0.2) is 53.4 Å². The summed E-state index contributed by atoms with van der Waals surface area (Å²) in [7, 11) is -3.88. The Morgan fingerprint density at radius 1 is 1.14 bits per heavy atom. The summed E-state index contributed by atoms with van der Waals surface area (Å²) in [5.41, 5.74) is 1.27. The number of rotatable bonds is 6. The minimum atomic E-state index is -3.88. The second-order valence-corrected chi connectivity index (χ2v) is 6.86. The summed E-state index contributed by atoms with van der Waals surface area (Å²) in [6.45, 7) is 1.39. The third kappa shape index (κ3) is 3.71. The number of hydrogen-bond acceptors (Lipinski definition) is 3. The summed E-state index contributed by atoms with van der Waals surface area (Å²) >= 11 is 0. The van der Waals surface area contributed by atoms with Gasteiger partial charge in [-0.05, 0) is 30.2 Å². The summed E-state index contributed by atoms with van der Waals surface area (Å²) in [6, 6.07) is 12.7. The van der Waals surface area contributed by atoms with Gasteiger partial charge in [0.1, 0.15) is 5.82 Å². The van der Waals surface area contributed by atoms with E-state index >= 15 is 0 Å². The fraction of sp³-hybridized carbons (Fsp3) is 0.250. The molecular weight excluding hydrogens is 305 g/mol. The maximum Gasteiger partial charge on any atom is 0.243 e. The lowest BCUT2D eigenvalue weighted by Gasteiger charge is -2.22. The molecule has 2 aromatic carbocycles. The van der Waals surface area contributed by atoms with Gasteiger partial charge in [-0.2, -0.15) is 4.31 Å². The van der Waals surface area contributed by atoms with Crippen molar-refractivity contribution in [3.63, 3.8) is 0 Å². The zero-order valence-electron chi connectivity index (χ0n) is 12.2. The first-order chi connectivity index (χ1) is 10.4. The molecule has 0 unspecified atom stereocenters. The smallest absolute Gasteiger partial charge is 0.243 e. The van der Waals surface area contributed by atoms with E-state index in [0.717, 1.165) is 15.9 Å². The largest absolute Gasteiger partial charge is 0.395 e. The zero-order valence-corrected chi connectivity index (χ0v) is 13.1. The van der Waals surface area contributed by atoms with E-state index in [0.29, 0.717) is 5.56 Å². The van der Waals surface area contributed by atoms with Crippen LogP contribution in [0.2, 0.25) is 0 Å². The first kappa shape index (κ1) is 16.6. The lowest BCUT2D eigenvalue weighted by atomic mass is 10.2. The Labute approximate surface area is 129 Å². The molecular formula is C16H18FNO3S. The molecule has 0 saturated carbocycles. The molecule has 2 aromatic rings. The zero-order chi connectivity index (χ0) is 16.2. The van der Waals surface area contributed by atoms with Crippen LogP contribution in [0.4, 0.5) is 4.39 Å². The molecule has 0 fully saturated rings. The van der Waals surface area contributed by atoms with E-state index in [9.17, 15) is 12.8 Å². The van der Waals surface area contributed by atoms with E-state index in [-0.39, 0.29) is 24.6 Å². The molecule has 0 aliphatic rings. The van der Waals surface area contributed by atoms with Gasteiger partial charge in [-0.25, -0.2) is 12.8 Å². The van der Waals surface area contributed by atoms with Crippen molar-refractivity contribution in [3.8, 4) is 0 Å². The summed E-state index contributed by atoms with van der Waals surface area (Å²) in [4.78, 5) is -0.0723. The van der Waals surface area contributed by atoms with E-state index in [1.165, 1.54) is 12.1 Å². The molecule has 0 atom stereocenters. The van der Waals surface area contributed by atoms with Crippen molar-refractivity contribution in [1.29, 1.82) is 0 Å². The van der Waals surface area contributed by atoms with Gasteiger partial charge in [0.2, 0.25) is 10.0 Å². The SMILES string of the molecule is Cc1ccc(F)cc1S(=O)(=O)N(CCO)Cc1ccccc1. The van der Waals surface area contributed by atoms with Crippen molar-refractivity contribution < 1.29 is 17.9 Å².